The summed E-state index contributed by atoms with van der Waals surface area (Å²) in [6.07, 6.45) is 3.43. The average Bonchev–Trinajstić information content (AvgIpc) is 2.61. The predicted molar refractivity (Wildman–Crippen MR) is 99.8 cm³/mol. The molecule has 1 aromatic rings. The van der Waals surface area contributed by atoms with Crippen molar-refractivity contribution >= 4 is 6.03 Å². The lowest BCUT2D eigenvalue weighted by Gasteiger charge is -2.39. The van der Waals surface area contributed by atoms with Gasteiger partial charge in [0.1, 0.15) is 0 Å². The molecule has 0 bridgehead atoms. The van der Waals surface area contributed by atoms with Gasteiger partial charge in [0.05, 0.1) is 12.1 Å². The second kappa shape index (κ2) is 8.68. The van der Waals surface area contributed by atoms with Crippen LogP contribution in [0.4, 0.5) is 4.79 Å². The highest BCUT2D eigenvalue weighted by Gasteiger charge is 2.36. The highest BCUT2D eigenvalue weighted by atomic mass is 16.5. The third kappa shape index (κ3) is 4.95. The van der Waals surface area contributed by atoms with Crippen LogP contribution in [0.2, 0.25) is 0 Å². The summed E-state index contributed by atoms with van der Waals surface area (Å²) < 4.78 is 5.56. The molecule has 1 aromatic carbocycles. The van der Waals surface area contributed by atoms with E-state index in [9.17, 15) is 9.90 Å². The lowest BCUT2D eigenvalue weighted by molar-refractivity contribution is 0.0502. The van der Waals surface area contributed by atoms with Gasteiger partial charge in [-0.1, -0.05) is 37.6 Å². The fraction of sp³-hybridized carbons (Fsp3) is 0.650. The third-order valence-corrected chi connectivity index (χ3v) is 5.32. The summed E-state index contributed by atoms with van der Waals surface area (Å²) >= 11 is 0. The number of hydrogen-bond donors (Lipinski definition) is 3. The van der Waals surface area contributed by atoms with Crippen LogP contribution in [-0.4, -0.2) is 43.0 Å². The zero-order valence-corrected chi connectivity index (χ0v) is 15.7. The highest BCUT2D eigenvalue weighted by molar-refractivity contribution is 5.75. The maximum atomic E-state index is 12.4. The summed E-state index contributed by atoms with van der Waals surface area (Å²) in [7, 11) is 0. The van der Waals surface area contributed by atoms with E-state index in [1.807, 2.05) is 19.9 Å². The van der Waals surface area contributed by atoms with Crippen LogP contribution in [0.5, 0.6) is 0 Å². The smallest absolute Gasteiger partial charge is 0.315 e. The Morgan fingerprint density at radius 2 is 2.00 bits per heavy atom. The van der Waals surface area contributed by atoms with E-state index in [0.29, 0.717) is 19.8 Å². The highest BCUT2D eigenvalue weighted by Crippen LogP contribution is 2.36. The van der Waals surface area contributed by atoms with Crippen LogP contribution in [0, 0.1) is 6.92 Å². The standard InChI is InChI=1S/C20H32N2O3/c1-4-9-19(3,15-23)22-18(24)21-14-20(10-12-25-13-11-20)17-8-6-5-7-16(17)2/h5-8,23H,4,9-15H2,1-3H3,(H2,21,22,24). The van der Waals surface area contributed by atoms with E-state index in [4.69, 9.17) is 4.74 Å². The monoisotopic (exact) mass is 348 g/mol. The molecule has 140 valence electrons. The van der Waals surface area contributed by atoms with Gasteiger partial charge in [-0.3, -0.25) is 0 Å². The van der Waals surface area contributed by atoms with Crippen molar-refractivity contribution in [2.24, 2.45) is 0 Å². The molecule has 3 N–H and O–H groups in total. The van der Waals surface area contributed by atoms with Crippen LogP contribution < -0.4 is 10.6 Å². The van der Waals surface area contributed by atoms with Crippen molar-refractivity contribution in [1.29, 1.82) is 0 Å². The number of urea groups is 1. The minimum Gasteiger partial charge on any atom is -0.394 e. The van der Waals surface area contributed by atoms with Crippen molar-refractivity contribution in [2.45, 2.75) is 57.4 Å². The van der Waals surface area contributed by atoms with Crippen molar-refractivity contribution in [3.63, 3.8) is 0 Å². The first kappa shape index (κ1) is 19.7. The van der Waals surface area contributed by atoms with E-state index in [1.54, 1.807) is 0 Å². The third-order valence-electron chi connectivity index (χ3n) is 5.32. The van der Waals surface area contributed by atoms with Crippen LogP contribution in [-0.2, 0) is 10.2 Å². The van der Waals surface area contributed by atoms with Crippen molar-refractivity contribution in [2.75, 3.05) is 26.4 Å². The number of aryl methyl sites for hydroxylation is 1. The maximum absolute atomic E-state index is 12.4. The summed E-state index contributed by atoms with van der Waals surface area (Å²) in [6, 6.07) is 8.17. The lowest BCUT2D eigenvalue weighted by atomic mass is 9.72. The van der Waals surface area contributed by atoms with Gasteiger partial charge in [0.15, 0.2) is 0 Å². The van der Waals surface area contributed by atoms with Gasteiger partial charge in [-0.05, 0) is 44.2 Å². The van der Waals surface area contributed by atoms with Crippen molar-refractivity contribution in [3.05, 3.63) is 35.4 Å². The molecule has 0 aromatic heterocycles. The molecule has 0 radical (unpaired) electrons. The van der Waals surface area contributed by atoms with Gasteiger partial charge in [-0.25, -0.2) is 4.79 Å². The fourth-order valence-corrected chi connectivity index (χ4v) is 3.77. The predicted octanol–water partition coefficient (Wildman–Crippen LogP) is 2.89. The molecular weight excluding hydrogens is 316 g/mol. The van der Waals surface area contributed by atoms with Crippen LogP contribution in [0.25, 0.3) is 0 Å². The minimum atomic E-state index is -0.579. The summed E-state index contributed by atoms with van der Waals surface area (Å²) in [5.41, 5.74) is 1.86. The first-order valence-electron chi connectivity index (χ1n) is 9.25. The zero-order valence-electron chi connectivity index (χ0n) is 15.7. The normalized spacial score (nSPS) is 19.0. The number of carbonyl (C=O) groups excluding carboxylic acids is 1. The van der Waals surface area contributed by atoms with Gasteiger partial charge in [0, 0.05) is 25.2 Å². The molecule has 0 spiro atoms. The number of nitrogens with one attached hydrogen (secondary N) is 2. The molecule has 1 unspecified atom stereocenters. The first-order valence-corrected chi connectivity index (χ1v) is 9.25. The molecular formula is C20H32N2O3. The topological polar surface area (TPSA) is 70.6 Å². The number of amides is 2. The molecule has 2 amide bonds. The van der Waals surface area contributed by atoms with Crippen molar-refractivity contribution in [3.8, 4) is 0 Å². The summed E-state index contributed by atoms with van der Waals surface area (Å²) in [4.78, 5) is 12.4. The summed E-state index contributed by atoms with van der Waals surface area (Å²) in [5, 5.41) is 15.6. The molecule has 1 fully saturated rings. The second-order valence-corrected chi connectivity index (χ2v) is 7.48. The van der Waals surface area contributed by atoms with Crippen LogP contribution in [0.3, 0.4) is 0 Å². The number of carbonyl (C=O) groups is 1. The Bertz CT molecular complexity index is 570. The number of hydrogen-bond acceptors (Lipinski definition) is 3. The number of benzene rings is 1. The Morgan fingerprint density at radius 3 is 2.60 bits per heavy atom. The number of rotatable bonds is 7. The quantitative estimate of drug-likeness (QED) is 0.709. The largest absolute Gasteiger partial charge is 0.394 e. The molecule has 0 aliphatic carbocycles. The Balaban J connectivity index is 2.08. The van der Waals surface area contributed by atoms with Crippen molar-refractivity contribution in [1.82, 2.24) is 10.6 Å². The minimum absolute atomic E-state index is 0.0644. The van der Waals surface area contributed by atoms with Crippen molar-refractivity contribution < 1.29 is 14.6 Å². The number of ether oxygens (including phenoxy) is 1. The van der Waals surface area contributed by atoms with Gasteiger partial charge in [-0.15, -0.1) is 0 Å². The average molecular weight is 348 g/mol. The SMILES string of the molecule is CCCC(C)(CO)NC(=O)NCC1(c2ccccc2C)CCOCC1. The fourth-order valence-electron chi connectivity index (χ4n) is 3.77. The van der Waals surface area contributed by atoms with E-state index in [-0.39, 0.29) is 18.1 Å². The molecule has 5 heteroatoms. The molecule has 5 nitrogen and oxygen atoms in total. The first-order chi connectivity index (χ1) is 11.9. The lowest BCUT2D eigenvalue weighted by Crippen LogP contribution is -2.55. The van der Waals surface area contributed by atoms with Crippen LogP contribution in [0.1, 0.15) is 50.7 Å². The van der Waals surface area contributed by atoms with E-state index in [1.165, 1.54) is 11.1 Å². The second-order valence-electron chi connectivity index (χ2n) is 7.48. The molecule has 1 aliphatic heterocycles. The summed E-state index contributed by atoms with van der Waals surface area (Å²) in [5.74, 6) is 0. The molecule has 25 heavy (non-hydrogen) atoms. The Hall–Kier alpha value is -1.59. The number of aliphatic hydroxyl groups excluding tert-OH is 1. The van der Waals surface area contributed by atoms with E-state index in [0.717, 1.165) is 25.7 Å². The Kier molecular flexibility index (Phi) is 6.85. The van der Waals surface area contributed by atoms with Gasteiger partial charge >= 0.3 is 6.03 Å². The van der Waals surface area contributed by atoms with E-state index < -0.39 is 5.54 Å². The van der Waals surface area contributed by atoms with Crippen LogP contribution >= 0.6 is 0 Å². The van der Waals surface area contributed by atoms with Gasteiger partial charge in [-0.2, -0.15) is 0 Å². The van der Waals surface area contributed by atoms with E-state index >= 15 is 0 Å². The molecule has 1 atom stereocenters. The molecule has 1 heterocycles. The number of aliphatic hydroxyl groups is 1. The van der Waals surface area contributed by atoms with Crippen LogP contribution in [0.15, 0.2) is 24.3 Å². The molecule has 1 aliphatic rings. The Morgan fingerprint density at radius 1 is 1.32 bits per heavy atom. The van der Waals surface area contributed by atoms with Gasteiger partial charge in [0.25, 0.3) is 0 Å². The van der Waals surface area contributed by atoms with Gasteiger partial charge < -0.3 is 20.5 Å². The van der Waals surface area contributed by atoms with E-state index in [2.05, 4.69) is 35.8 Å². The van der Waals surface area contributed by atoms with Gasteiger partial charge in [0.2, 0.25) is 0 Å². The molecule has 2 rings (SSSR count). The maximum Gasteiger partial charge on any atom is 0.315 e. The molecule has 1 saturated heterocycles. The summed E-state index contributed by atoms with van der Waals surface area (Å²) in [6.45, 7) is 7.97. The Labute approximate surface area is 151 Å². The molecule has 0 saturated carbocycles. The zero-order chi connectivity index (χ0) is 18.3.